The van der Waals surface area contributed by atoms with Gasteiger partial charge >= 0.3 is 0 Å². The maximum atomic E-state index is 14.7. The minimum absolute atomic E-state index is 0.0975. The number of aromatic nitrogens is 2. The van der Waals surface area contributed by atoms with Gasteiger partial charge in [-0.2, -0.15) is 0 Å². The molecule has 4 aromatic rings. The second kappa shape index (κ2) is 9.99. The molecule has 1 aliphatic heterocycles. The van der Waals surface area contributed by atoms with Crippen molar-refractivity contribution >= 4 is 40.5 Å². The number of benzene rings is 2. The number of piperazine rings is 1. The number of carbonyl (C=O) groups is 2. The predicted molar refractivity (Wildman–Crippen MR) is 135 cm³/mol. The van der Waals surface area contributed by atoms with Crippen LogP contribution in [0.15, 0.2) is 59.5 Å². The highest BCUT2D eigenvalue weighted by molar-refractivity contribution is 6.42. The molecule has 1 N–H and O–H groups in total. The van der Waals surface area contributed by atoms with Crippen LogP contribution in [0.5, 0.6) is 0 Å². The minimum atomic E-state index is -0.666. The van der Waals surface area contributed by atoms with E-state index in [-0.39, 0.29) is 70.9 Å². The molecule has 2 aromatic carbocycles. The molecule has 37 heavy (non-hydrogen) atoms. The van der Waals surface area contributed by atoms with Gasteiger partial charge in [0, 0.05) is 50.1 Å². The Morgan fingerprint density at radius 2 is 1.62 bits per heavy atom. The molecular weight excluding hydrogens is 525 g/mol. The van der Waals surface area contributed by atoms with E-state index in [4.69, 9.17) is 23.2 Å². The first-order chi connectivity index (χ1) is 17.7. The van der Waals surface area contributed by atoms with E-state index >= 15 is 0 Å². The summed E-state index contributed by atoms with van der Waals surface area (Å²) in [7, 11) is 0. The van der Waals surface area contributed by atoms with E-state index in [1.807, 2.05) is 0 Å². The van der Waals surface area contributed by atoms with Crippen molar-refractivity contribution in [2.75, 3.05) is 26.2 Å². The summed E-state index contributed by atoms with van der Waals surface area (Å²) in [4.78, 5) is 43.6. The first-order valence-corrected chi connectivity index (χ1v) is 12.2. The SMILES string of the molecule is O=C(c1cccc(F)c1)N1CCN(C(=O)c2cc(Cc3c[nH]c(=O)c4cc(Cl)c(Cl)n34)ccc2F)CC1. The van der Waals surface area contributed by atoms with Crippen molar-refractivity contribution in [3.8, 4) is 0 Å². The molecule has 0 saturated carbocycles. The summed E-state index contributed by atoms with van der Waals surface area (Å²) in [5.41, 5.74) is 1.28. The van der Waals surface area contributed by atoms with Gasteiger partial charge in [-0.1, -0.05) is 35.3 Å². The van der Waals surface area contributed by atoms with Crippen LogP contribution in [-0.2, 0) is 6.42 Å². The number of fused-ring (bicyclic) bond motifs is 1. The molecule has 2 amide bonds. The number of carbonyl (C=O) groups excluding carboxylic acids is 2. The largest absolute Gasteiger partial charge is 0.335 e. The summed E-state index contributed by atoms with van der Waals surface area (Å²) in [6, 6.07) is 11.1. The van der Waals surface area contributed by atoms with Crippen LogP contribution in [0.25, 0.3) is 5.52 Å². The smallest absolute Gasteiger partial charge is 0.272 e. The average molecular weight is 545 g/mol. The molecule has 0 radical (unpaired) electrons. The molecule has 7 nitrogen and oxygen atoms in total. The van der Waals surface area contributed by atoms with Crippen LogP contribution in [0.2, 0.25) is 10.2 Å². The molecular formula is C26H20Cl2F2N4O3. The fraction of sp³-hybridized carbons (Fsp3) is 0.192. The average Bonchev–Trinajstić information content (AvgIpc) is 3.21. The molecule has 0 bridgehead atoms. The fourth-order valence-electron chi connectivity index (χ4n) is 4.46. The fourth-order valence-corrected chi connectivity index (χ4v) is 4.91. The Hall–Kier alpha value is -3.69. The zero-order chi connectivity index (χ0) is 26.3. The molecule has 0 aliphatic carbocycles. The lowest BCUT2D eigenvalue weighted by atomic mass is 10.0. The van der Waals surface area contributed by atoms with E-state index in [1.165, 1.54) is 58.0 Å². The zero-order valence-electron chi connectivity index (χ0n) is 19.3. The van der Waals surface area contributed by atoms with Gasteiger partial charge in [-0.25, -0.2) is 8.78 Å². The first kappa shape index (κ1) is 25.0. The molecule has 11 heteroatoms. The summed E-state index contributed by atoms with van der Waals surface area (Å²) in [5.74, 6) is -1.98. The van der Waals surface area contributed by atoms with E-state index < -0.39 is 17.5 Å². The molecule has 5 rings (SSSR count). The van der Waals surface area contributed by atoms with Crippen LogP contribution < -0.4 is 5.56 Å². The quantitative estimate of drug-likeness (QED) is 0.413. The highest BCUT2D eigenvalue weighted by Gasteiger charge is 2.27. The summed E-state index contributed by atoms with van der Waals surface area (Å²) in [5, 5.41) is 0.409. The van der Waals surface area contributed by atoms with Crippen molar-refractivity contribution in [2.24, 2.45) is 0 Å². The zero-order valence-corrected chi connectivity index (χ0v) is 20.8. The van der Waals surface area contributed by atoms with Crippen LogP contribution in [-0.4, -0.2) is 57.2 Å². The number of hydrogen-bond acceptors (Lipinski definition) is 3. The summed E-state index contributed by atoms with van der Waals surface area (Å²) in [6.45, 7) is 0.901. The Kier molecular flexibility index (Phi) is 6.74. The van der Waals surface area contributed by atoms with Gasteiger partial charge in [0.2, 0.25) is 0 Å². The first-order valence-electron chi connectivity index (χ1n) is 11.4. The van der Waals surface area contributed by atoms with Gasteiger partial charge in [0.25, 0.3) is 17.4 Å². The van der Waals surface area contributed by atoms with Crippen LogP contribution in [0, 0.1) is 11.6 Å². The Morgan fingerprint density at radius 3 is 2.32 bits per heavy atom. The molecule has 1 aliphatic rings. The second-order valence-electron chi connectivity index (χ2n) is 8.70. The van der Waals surface area contributed by atoms with Gasteiger partial charge in [0.05, 0.1) is 10.6 Å². The maximum absolute atomic E-state index is 14.7. The van der Waals surface area contributed by atoms with Gasteiger partial charge in [0.15, 0.2) is 0 Å². The Labute approximate surface area is 219 Å². The summed E-state index contributed by atoms with van der Waals surface area (Å²) < 4.78 is 29.7. The third kappa shape index (κ3) is 4.84. The van der Waals surface area contributed by atoms with Gasteiger partial charge in [-0.15, -0.1) is 0 Å². The lowest BCUT2D eigenvalue weighted by Crippen LogP contribution is -2.50. The molecule has 1 saturated heterocycles. The molecule has 3 heterocycles. The molecule has 0 spiro atoms. The van der Waals surface area contributed by atoms with Crippen LogP contribution in [0.4, 0.5) is 8.78 Å². The standard InChI is InChI=1S/C26H20Cl2F2N4O3/c27-20-13-22-24(35)31-14-18(34(22)23(20)28)10-15-4-5-21(30)19(11-15)26(37)33-8-6-32(7-9-33)25(36)16-2-1-3-17(29)12-16/h1-5,11-14H,6-10H2,(H,31,35). The Morgan fingerprint density at radius 1 is 0.919 bits per heavy atom. The highest BCUT2D eigenvalue weighted by atomic mass is 35.5. The maximum Gasteiger partial charge on any atom is 0.272 e. The lowest BCUT2D eigenvalue weighted by molar-refractivity contribution is 0.0532. The third-order valence-electron chi connectivity index (χ3n) is 6.36. The highest BCUT2D eigenvalue weighted by Crippen LogP contribution is 2.27. The summed E-state index contributed by atoms with van der Waals surface area (Å²) in [6.07, 6.45) is 1.74. The number of hydrogen-bond donors (Lipinski definition) is 1. The topological polar surface area (TPSA) is 77.9 Å². The summed E-state index contributed by atoms with van der Waals surface area (Å²) >= 11 is 12.4. The van der Waals surface area contributed by atoms with E-state index in [1.54, 1.807) is 11.0 Å². The molecule has 0 unspecified atom stereocenters. The Balaban J connectivity index is 1.33. The van der Waals surface area contributed by atoms with Gasteiger partial charge < -0.3 is 14.8 Å². The van der Waals surface area contributed by atoms with Gasteiger partial charge in [-0.05, 0) is 42.0 Å². The van der Waals surface area contributed by atoms with Crippen molar-refractivity contribution in [2.45, 2.75) is 6.42 Å². The third-order valence-corrected chi connectivity index (χ3v) is 7.12. The monoisotopic (exact) mass is 544 g/mol. The molecule has 1 fully saturated rings. The van der Waals surface area contributed by atoms with E-state index in [2.05, 4.69) is 4.98 Å². The van der Waals surface area contributed by atoms with Crippen molar-refractivity contribution in [1.29, 1.82) is 0 Å². The van der Waals surface area contributed by atoms with Crippen LogP contribution >= 0.6 is 23.2 Å². The van der Waals surface area contributed by atoms with Gasteiger partial charge in [-0.3, -0.25) is 18.8 Å². The van der Waals surface area contributed by atoms with Crippen molar-refractivity contribution < 1.29 is 18.4 Å². The number of nitrogens with one attached hydrogen (secondary N) is 1. The minimum Gasteiger partial charge on any atom is -0.335 e. The molecule has 190 valence electrons. The number of rotatable bonds is 4. The molecule has 0 atom stereocenters. The van der Waals surface area contributed by atoms with Crippen LogP contribution in [0.3, 0.4) is 0 Å². The van der Waals surface area contributed by atoms with Gasteiger partial charge in [0.1, 0.15) is 22.3 Å². The molecule has 2 aromatic heterocycles. The number of H-pyrrole nitrogens is 1. The number of aromatic amines is 1. The number of nitrogens with zero attached hydrogens (tertiary/aromatic N) is 3. The normalized spacial score (nSPS) is 13.8. The number of amides is 2. The van der Waals surface area contributed by atoms with E-state index in [0.29, 0.717) is 11.3 Å². The second-order valence-corrected chi connectivity index (χ2v) is 9.46. The van der Waals surface area contributed by atoms with E-state index in [9.17, 15) is 23.2 Å². The lowest BCUT2D eigenvalue weighted by Gasteiger charge is -2.35. The van der Waals surface area contributed by atoms with Crippen molar-refractivity contribution in [1.82, 2.24) is 19.2 Å². The van der Waals surface area contributed by atoms with E-state index in [0.717, 1.165) is 0 Å². The van der Waals surface area contributed by atoms with Crippen molar-refractivity contribution in [3.05, 3.63) is 109 Å². The Bertz CT molecular complexity index is 1590. The predicted octanol–water partition coefficient (Wildman–Crippen LogP) is 4.40. The number of halogens is 4. The van der Waals surface area contributed by atoms with Crippen molar-refractivity contribution in [3.63, 3.8) is 0 Å². The van der Waals surface area contributed by atoms with Crippen LogP contribution in [0.1, 0.15) is 32.0 Å².